The molecule has 1 saturated heterocycles. The molecule has 0 aromatic heterocycles. The molecule has 2 heteroatoms. The molecule has 2 nitrogen and oxygen atoms in total. The van der Waals surface area contributed by atoms with Gasteiger partial charge in [-0.05, 0) is 32.2 Å². The highest BCUT2D eigenvalue weighted by Gasteiger charge is 2.23. The summed E-state index contributed by atoms with van der Waals surface area (Å²) in [6.45, 7) is 7.71. The van der Waals surface area contributed by atoms with Crippen molar-refractivity contribution in [2.75, 3.05) is 19.7 Å². The maximum atomic E-state index is 5.50. The van der Waals surface area contributed by atoms with E-state index in [4.69, 9.17) is 4.74 Å². The summed E-state index contributed by atoms with van der Waals surface area (Å²) in [7, 11) is 0. The van der Waals surface area contributed by atoms with Crippen molar-refractivity contribution in [2.24, 2.45) is 5.92 Å². The third-order valence-corrected chi connectivity index (χ3v) is 2.90. The summed E-state index contributed by atoms with van der Waals surface area (Å²) in [5.74, 6) is 0.752. The molecule has 1 aliphatic heterocycles. The minimum absolute atomic E-state index is 0.471. The van der Waals surface area contributed by atoms with Crippen LogP contribution in [0, 0.1) is 5.92 Å². The number of ether oxygens (including phenoxy) is 1. The second-order valence-corrected chi connectivity index (χ2v) is 4.04. The van der Waals surface area contributed by atoms with Gasteiger partial charge in [-0.15, -0.1) is 0 Å². The van der Waals surface area contributed by atoms with Crippen LogP contribution in [0.25, 0.3) is 0 Å². The summed E-state index contributed by atoms with van der Waals surface area (Å²) < 4.78 is 5.50. The fraction of sp³-hybridized carbons (Fsp3) is 1.00. The predicted molar refractivity (Wildman–Crippen MR) is 55.9 cm³/mol. The molecule has 13 heavy (non-hydrogen) atoms. The molecular weight excluding hydrogens is 162 g/mol. The van der Waals surface area contributed by atoms with E-state index in [1.807, 2.05) is 0 Å². The fourth-order valence-corrected chi connectivity index (χ4v) is 1.83. The zero-order valence-corrected chi connectivity index (χ0v) is 9.01. The van der Waals surface area contributed by atoms with E-state index in [0.717, 1.165) is 19.1 Å². The van der Waals surface area contributed by atoms with E-state index in [2.05, 4.69) is 19.2 Å². The van der Waals surface area contributed by atoms with E-state index in [1.165, 1.54) is 32.2 Å². The first kappa shape index (κ1) is 11.0. The first-order valence-electron chi connectivity index (χ1n) is 5.67. The first-order valence-corrected chi connectivity index (χ1v) is 5.67. The summed E-state index contributed by atoms with van der Waals surface area (Å²) in [6, 6.07) is 0. The Kier molecular flexibility index (Phi) is 5.40. The Morgan fingerprint density at radius 2 is 2.23 bits per heavy atom. The van der Waals surface area contributed by atoms with Crippen molar-refractivity contribution < 1.29 is 4.74 Å². The smallest absolute Gasteiger partial charge is 0.0588 e. The van der Waals surface area contributed by atoms with Crippen molar-refractivity contribution in [2.45, 2.75) is 45.6 Å². The predicted octanol–water partition coefficient (Wildman–Crippen LogP) is 2.19. The quantitative estimate of drug-likeness (QED) is 0.640. The number of nitrogens with one attached hydrogen (secondary N) is 1. The highest BCUT2D eigenvalue weighted by molar-refractivity contribution is 4.74. The standard InChI is InChI=1S/C11H23NO/c1-3-4-5-7-12-9-11-6-8-13-10(11)2/h10-12H,3-9H2,1-2H3. The molecular formula is C11H23NO. The average molecular weight is 185 g/mol. The van der Waals surface area contributed by atoms with Crippen LogP contribution in [0.15, 0.2) is 0 Å². The molecule has 78 valence electrons. The molecule has 1 aliphatic rings. The molecule has 1 heterocycles. The number of rotatable bonds is 6. The van der Waals surface area contributed by atoms with Gasteiger partial charge in [0.15, 0.2) is 0 Å². The second-order valence-electron chi connectivity index (χ2n) is 4.04. The lowest BCUT2D eigenvalue weighted by Crippen LogP contribution is -2.27. The average Bonchev–Trinajstić information content (AvgIpc) is 2.52. The lowest BCUT2D eigenvalue weighted by molar-refractivity contribution is 0.105. The number of hydrogen-bond acceptors (Lipinski definition) is 2. The summed E-state index contributed by atoms with van der Waals surface area (Å²) >= 11 is 0. The Morgan fingerprint density at radius 1 is 1.38 bits per heavy atom. The van der Waals surface area contributed by atoms with E-state index in [1.54, 1.807) is 0 Å². The van der Waals surface area contributed by atoms with Gasteiger partial charge in [-0.3, -0.25) is 0 Å². The summed E-state index contributed by atoms with van der Waals surface area (Å²) in [4.78, 5) is 0. The molecule has 1 rings (SSSR count). The molecule has 1 fully saturated rings. The van der Waals surface area contributed by atoms with Gasteiger partial charge in [-0.1, -0.05) is 19.8 Å². The minimum atomic E-state index is 0.471. The summed E-state index contributed by atoms with van der Waals surface area (Å²) in [5.41, 5.74) is 0. The molecule has 2 unspecified atom stereocenters. The van der Waals surface area contributed by atoms with Gasteiger partial charge in [0, 0.05) is 13.2 Å². The minimum Gasteiger partial charge on any atom is -0.378 e. The topological polar surface area (TPSA) is 21.3 Å². The van der Waals surface area contributed by atoms with Gasteiger partial charge in [0.05, 0.1) is 6.10 Å². The van der Waals surface area contributed by atoms with Crippen molar-refractivity contribution in [1.29, 1.82) is 0 Å². The van der Waals surface area contributed by atoms with Crippen LogP contribution >= 0.6 is 0 Å². The van der Waals surface area contributed by atoms with E-state index in [-0.39, 0.29) is 0 Å². The van der Waals surface area contributed by atoms with Crippen molar-refractivity contribution >= 4 is 0 Å². The van der Waals surface area contributed by atoms with E-state index in [9.17, 15) is 0 Å². The van der Waals surface area contributed by atoms with Gasteiger partial charge in [0.1, 0.15) is 0 Å². The van der Waals surface area contributed by atoms with Gasteiger partial charge >= 0.3 is 0 Å². The Labute approximate surface area is 82.0 Å². The SMILES string of the molecule is CCCCCNCC1CCOC1C. The van der Waals surface area contributed by atoms with Crippen LogP contribution in [0.1, 0.15) is 39.5 Å². The highest BCUT2D eigenvalue weighted by Crippen LogP contribution is 2.19. The molecule has 0 amide bonds. The molecule has 0 spiro atoms. The van der Waals surface area contributed by atoms with Crippen LogP contribution in [0.2, 0.25) is 0 Å². The Morgan fingerprint density at radius 3 is 2.85 bits per heavy atom. The Bertz CT molecular complexity index is 127. The van der Waals surface area contributed by atoms with Crippen molar-refractivity contribution in [3.63, 3.8) is 0 Å². The summed E-state index contributed by atoms with van der Waals surface area (Å²) in [6.07, 6.45) is 5.69. The monoisotopic (exact) mass is 185 g/mol. The third-order valence-electron chi connectivity index (χ3n) is 2.90. The largest absolute Gasteiger partial charge is 0.378 e. The molecule has 0 aromatic carbocycles. The van der Waals surface area contributed by atoms with Crippen molar-refractivity contribution in [1.82, 2.24) is 5.32 Å². The summed E-state index contributed by atoms with van der Waals surface area (Å²) in [5, 5.41) is 3.51. The Balaban J connectivity index is 1.93. The highest BCUT2D eigenvalue weighted by atomic mass is 16.5. The lowest BCUT2D eigenvalue weighted by atomic mass is 10.0. The zero-order chi connectivity index (χ0) is 9.52. The van der Waals surface area contributed by atoms with Crippen LogP contribution in [-0.4, -0.2) is 25.8 Å². The van der Waals surface area contributed by atoms with Crippen molar-refractivity contribution in [3.8, 4) is 0 Å². The van der Waals surface area contributed by atoms with Crippen LogP contribution in [0.4, 0.5) is 0 Å². The Hall–Kier alpha value is -0.0800. The number of unbranched alkanes of at least 4 members (excludes halogenated alkanes) is 2. The van der Waals surface area contributed by atoms with Crippen LogP contribution in [0.5, 0.6) is 0 Å². The lowest BCUT2D eigenvalue weighted by Gasteiger charge is -2.14. The van der Waals surface area contributed by atoms with Crippen molar-refractivity contribution in [3.05, 3.63) is 0 Å². The molecule has 0 saturated carbocycles. The molecule has 0 bridgehead atoms. The molecule has 1 N–H and O–H groups in total. The van der Waals surface area contributed by atoms with Gasteiger partial charge in [-0.25, -0.2) is 0 Å². The maximum Gasteiger partial charge on any atom is 0.0588 e. The van der Waals surface area contributed by atoms with E-state index >= 15 is 0 Å². The first-order chi connectivity index (χ1) is 6.34. The molecule has 0 aromatic rings. The maximum absolute atomic E-state index is 5.50. The zero-order valence-electron chi connectivity index (χ0n) is 9.01. The molecule has 2 atom stereocenters. The normalized spacial score (nSPS) is 28.2. The van der Waals surface area contributed by atoms with Gasteiger partial charge in [0.25, 0.3) is 0 Å². The van der Waals surface area contributed by atoms with Crippen LogP contribution in [0.3, 0.4) is 0 Å². The van der Waals surface area contributed by atoms with Gasteiger partial charge in [0.2, 0.25) is 0 Å². The van der Waals surface area contributed by atoms with E-state index in [0.29, 0.717) is 6.10 Å². The fourth-order valence-electron chi connectivity index (χ4n) is 1.83. The number of hydrogen-bond donors (Lipinski definition) is 1. The molecule has 0 radical (unpaired) electrons. The van der Waals surface area contributed by atoms with E-state index < -0.39 is 0 Å². The van der Waals surface area contributed by atoms with Gasteiger partial charge < -0.3 is 10.1 Å². The third kappa shape index (κ3) is 4.10. The molecule has 0 aliphatic carbocycles. The van der Waals surface area contributed by atoms with Crippen LogP contribution < -0.4 is 5.32 Å². The van der Waals surface area contributed by atoms with Gasteiger partial charge in [-0.2, -0.15) is 0 Å². The van der Waals surface area contributed by atoms with Crippen LogP contribution in [-0.2, 0) is 4.74 Å². The second kappa shape index (κ2) is 6.39.